The summed E-state index contributed by atoms with van der Waals surface area (Å²) in [6.07, 6.45) is 3.30. The number of nitriles is 1. The van der Waals surface area contributed by atoms with Gasteiger partial charge < -0.3 is 13.3 Å². The molecule has 0 unspecified atom stereocenters. The quantitative estimate of drug-likeness (QED) is 0.502. The third-order valence-electron chi connectivity index (χ3n) is 1.81. The molecule has 0 aliphatic carbocycles. The second kappa shape index (κ2) is 8.43. The van der Waals surface area contributed by atoms with Crippen molar-refractivity contribution in [3.63, 3.8) is 0 Å². The lowest BCUT2D eigenvalue weighted by atomic mass is 10.5. The first-order valence-electron chi connectivity index (χ1n) is 6.39. The zero-order valence-corrected chi connectivity index (χ0v) is 13.3. The molecule has 0 atom stereocenters. The molecule has 0 bridgehead atoms. The van der Waals surface area contributed by atoms with Crippen LogP contribution in [0.1, 0.15) is 41.5 Å². The predicted octanol–water partition coefficient (Wildman–Crippen LogP) is 3.28. The maximum atomic E-state index is 8.56. The molecule has 18 heavy (non-hydrogen) atoms. The zero-order valence-electron chi connectivity index (χ0n) is 12.3. The van der Waals surface area contributed by atoms with Gasteiger partial charge in [-0.25, -0.2) is 0 Å². The van der Waals surface area contributed by atoms with Gasteiger partial charge in [-0.1, -0.05) is 6.08 Å². The molecule has 0 N–H and O–H groups in total. The van der Waals surface area contributed by atoms with Gasteiger partial charge in [-0.05, 0) is 41.5 Å². The Kier molecular flexibility index (Phi) is 8.12. The molecule has 0 aliphatic rings. The van der Waals surface area contributed by atoms with Crippen LogP contribution in [0.3, 0.4) is 0 Å². The second-order valence-corrected chi connectivity index (χ2v) is 7.40. The van der Waals surface area contributed by atoms with E-state index in [1.54, 1.807) is 6.08 Å². The molecular weight excluding hydrogens is 246 g/mol. The Bertz CT molecular complexity index is 269. The largest absolute Gasteiger partial charge is 0.505 e. The van der Waals surface area contributed by atoms with E-state index in [0.29, 0.717) is 6.04 Å². The average molecular weight is 271 g/mol. The third-order valence-corrected chi connectivity index (χ3v) is 5.03. The zero-order chi connectivity index (χ0) is 14.2. The summed E-state index contributed by atoms with van der Waals surface area (Å²) in [5.41, 5.74) is 0. The van der Waals surface area contributed by atoms with Gasteiger partial charge >= 0.3 is 8.80 Å². The second-order valence-electron chi connectivity index (χ2n) is 4.92. The summed E-state index contributed by atoms with van der Waals surface area (Å²) in [5.74, 6) is 0. The maximum absolute atomic E-state index is 8.56. The Morgan fingerprint density at radius 1 is 0.944 bits per heavy atom. The topological polar surface area (TPSA) is 51.5 Å². The monoisotopic (exact) mass is 271 g/mol. The molecule has 0 aliphatic heterocycles. The standard InChI is InChI=1S/C13H25NO3Si/c1-11(2)15-18(16-12(3)4,17-13(5)6)10-8-7-9-14/h7-8,11-13H,10H2,1-6H3/b8-7+. The Hall–Kier alpha value is -0.673. The van der Waals surface area contributed by atoms with Gasteiger partial charge in [-0.2, -0.15) is 5.26 Å². The van der Waals surface area contributed by atoms with Crippen LogP contribution >= 0.6 is 0 Å². The highest BCUT2D eigenvalue weighted by Gasteiger charge is 2.43. The first-order valence-corrected chi connectivity index (χ1v) is 8.32. The van der Waals surface area contributed by atoms with Crippen molar-refractivity contribution in [1.82, 2.24) is 0 Å². The number of hydrogen-bond acceptors (Lipinski definition) is 4. The van der Waals surface area contributed by atoms with Gasteiger partial charge in [-0.15, -0.1) is 0 Å². The lowest BCUT2D eigenvalue weighted by Crippen LogP contribution is -2.50. The van der Waals surface area contributed by atoms with E-state index in [9.17, 15) is 0 Å². The minimum atomic E-state index is -2.76. The Labute approximate surface area is 112 Å². The minimum Gasteiger partial charge on any atom is -0.371 e. The van der Waals surface area contributed by atoms with Crippen LogP contribution in [0.2, 0.25) is 6.04 Å². The van der Waals surface area contributed by atoms with Crippen molar-refractivity contribution < 1.29 is 13.3 Å². The molecule has 0 heterocycles. The van der Waals surface area contributed by atoms with Gasteiger partial charge in [0, 0.05) is 30.4 Å². The van der Waals surface area contributed by atoms with E-state index >= 15 is 0 Å². The minimum absolute atomic E-state index is 0.0321. The number of nitrogens with zero attached hydrogens (tertiary/aromatic N) is 1. The number of allylic oxidation sites excluding steroid dienone is 2. The summed E-state index contributed by atoms with van der Waals surface area (Å²) >= 11 is 0. The van der Waals surface area contributed by atoms with E-state index in [-0.39, 0.29) is 18.3 Å². The summed E-state index contributed by atoms with van der Waals surface area (Å²) in [6, 6.07) is 2.50. The van der Waals surface area contributed by atoms with Gasteiger partial charge in [0.2, 0.25) is 0 Å². The lowest BCUT2D eigenvalue weighted by molar-refractivity contribution is 0.00554. The summed E-state index contributed by atoms with van der Waals surface area (Å²) < 4.78 is 17.8. The SMILES string of the molecule is CC(C)O[Si](C/C=C/C#N)(OC(C)C)OC(C)C. The normalized spacial score (nSPS) is 12.9. The fourth-order valence-corrected chi connectivity index (χ4v) is 4.58. The van der Waals surface area contributed by atoms with Crippen molar-refractivity contribution in [3.8, 4) is 6.07 Å². The van der Waals surface area contributed by atoms with Gasteiger partial charge in [0.15, 0.2) is 0 Å². The third kappa shape index (κ3) is 7.61. The van der Waals surface area contributed by atoms with Gasteiger partial charge in [0.25, 0.3) is 0 Å². The Morgan fingerprint density at radius 2 is 1.33 bits per heavy atom. The highest BCUT2D eigenvalue weighted by molar-refractivity contribution is 6.61. The molecule has 4 nitrogen and oxygen atoms in total. The van der Waals surface area contributed by atoms with Gasteiger partial charge in [-0.3, -0.25) is 0 Å². The first-order chi connectivity index (χ1) is 8.31. The van der Waals surface area contributed by atoms with E-state index in [1.807, 2.05) is 47.6 Å². The van der Waals surface area contributed by atoms with E-state index in [1.165, 1.54) is 6.08 Å². The van der Waals surface area contributed by atoms with E-state index in [2.05, 4.69) is 0 Å². The first kappa shape index (κ1) is 17.3. The molecule has 5 heteroatoms. The molecular formula is C13H25NO3Si. The summed E-state index contributed by atoms with van der Waals surface area (Å²) in [5, 5.41) is 8.56. The number of hydrogen-bond donors (Lipinski definition) is 0. The van der Waals surface area contributed by atoms with Crippen LogP contribution in [0.4, 0.5) is 0 Å². The molecule has 0 rings (SSSR count). The van der Waals surface area contributed by atoms with Crippen LogP contribution in [-0.2, 0) is 13.3 Å². The van der Waals surface area contributed by atoms with Crippen LogP contribution in [-0.4, -0.2) is 27.1 Å². The molecule has 0 amide bonds. The molecule has 104 valence electrons. The summed E-state index contributed by atoms with van der Waals surface area (Å²) in [4.78, 5) is 0. The molecule has 0 saturated heterocycles. The molecule has 0 aromatic heterocycles. The van der Waals surface area contributed by atoms with E-state index < -0.39 is 8.80 Å². The van der Waals surface area contributed by atoms with Gasteiger partial charge in [0.05, 0.1) is 6.07 Å². The number of rotatable bonds is 8. The highest BCUT2D eigenvalue weighted by atomic mass is 28.4. The van der Waals surface area contributed by atoms with Crippen LogP contribution in [0.5, 0.6) is 0 Å². The van der Waals surface area contributed by atoms with Crippen molar-refractivity contribution >= 4 is 8.80 Å². The molecule has 0 radical (unpaired) electrons. The van der Waals surface area contributed by atoms with Crippen molar-refractivity contribution in [2.75, 3.05) is 0 Å². The Balaban J connectivity index is 4.98. The summed E-state index contributed by atoms with van der Waals surface area (Å²) in [7, 11) is -2.76. The van der Waals surface area contributed by atoms with Crippen LogP contribution in [0.15, 0.2) is 12.2 Å². The predicted molar refractivity (Wildman–Crippen MR) is 74.0 cm³/mol. The van der Waals surface area contributed by atoms with Crippen molar-refractivity contribution in [1.29, 1.82) is 5.26 Å². The van der Waals surface area contributed by atoms with Crippen molar-refractivity contribution in [2.45, 2.75) is 65.9 Å². The molecule has 0 saturated carbocycles. The van der Waals surface area contributed by atoms with Gasteiger partial charge in [0.1, 0.15) is 0 Å². The van der Waals surface area contributed by atoms with Crippen LogP contribution in [0, 0.1) is 11.3 Å². The highest BCUT2D eigenvalue weighted by Crippen LogP contribution is 2.22. The molecule has 0 spiro atoms. The van der Waals surface area contributed by atoms with Crippen molar-refractivity contribution in [2.24, 2.45) is 0 Å². The lowest BCUT2D eigenvalue weighted by Gasteiger charge is -2.33. The van der Waals surface area contributed by atoms with E-state index in [0.717, 1.165) is 0 Å². The smallest absolute Gasteiger partial charge is 0.371 e. The fourth-order valence-electron chi connectivity index (χ4n) is 1.56. The molecule has 0 aromatic rings. The fraction of sp³-hybridized carbons (Fsp3) is 0.769. The maximum Gasteiger partial charge on any atom is 0.505 e. The summed E-state index contributed by atoms with van der Waals surface area (Å²) in [6.45, 7) is 11.8. The van der Waals surface area contributed by atoms with Crippen LogP contribution < -0.4 is 0 Å². The Morgan fingerprint density at radius 3 is 1.61 bits per heavy atom. The molecule has 0 aromatic carbocycles. The van der Waals surface area contributed by atoms with Crippen LogP contribution in [0.25, 0.3) is 0 Å². The average Bonchev–Trinajstić information content (AvgIpc) is 2.13. The molecule has 0 fully saturated rings. The van der Waals surface area contributed by atoms with E-state index in [4.69, 9.17) is 18.5 Å². The van der Waals surface area contributed by atoms with Crippen molar-refractivity contribution in [3.05, 3.63) is 12.2 Å².